The number of likely N-dealkylation sites (N-methyl/N-ethyl adjacent to an activating group) is 1. The Morgan fingerprint density at radius 1 is 1.26 bits per heavy atom. The summed E-state index contributed by atoms with van der Waals surface area (Å²) in [6, 6.07) is 9.65. The van der Waals surface area contributed by atoms with Crippen molar-refractivity contribution in [2.24, 2.45) is 0 Å². The Kier molecular flexibility index (Phi) is 3.63. The SMILES string of the molecule is CN1C(=O)Cc2cccc(-c3nnc(Nc4ccc5[nH]ncc5c4Cl)s3)c21. The molecule has 0 aliphatic carbocycles. The van der Waals surface area contributed by atoms with E-state index in [9.17, 15) is 4.79 Å². The van der Waals surface area contributed by atoms with Crippen LogP contribution in [-0.4, -0.2) is 33.3 Å². The smallest absolute Gasteiger partial charge is 0.231 e. The Labute approximate surface area is 163 Å². The van der Waals surface area contributed by atoms with E-state index in [0.29, 0.717) is 16.6 Å². The molecule has 1 aliphatic rings. The lowest BCUT2D eigenvalue weighted by molar-refractivity contribution is -0.117. The number of hydrogen-bond acceptors (Lipinski definition) is 6. The summed E-state index contributed by atoms with van der Waals surface area (Å²) in [6.07, 6.45) is 2.11. The Morgan fingerprint density at radius 2 is 2.15 bits per heavy atom. The van der Waals surface area contributed by atoms with E-state index < -0.39 is 0 Å². The molecule has 0 unspecified atom stereocenters. The number of aromatic amines is 1. The summed E-state index contributed by atoms with van der Waals surface area (Å²) in [6.45, 7) is 0. The predicted molar refractivity (Wildman–Crippen MR) is 107 cm³/mol. The zero-order chi connectivity index (χ0) is 18.5. The number of hydrogen-bond donors (Lipinski definition) is 2. The molecular formula is C18H13ClN6OS. The maximum Gasteiger partial charge on any atom is 0.231 e. The average Bonchev–Trinajstić information content (AvgIpc) is 3.38. The van der Waals surface area contributed by atoms with E-state index >= 15 is 0 Å². The number of anilines is 3. The van der Waals surface area contributed by atoms with Crippen LogP contribution in [0.2, 0.25) is 5.02 Å². The summed E-state index contributed by atoms with van der Waals surface area (Å²) in [5, 5.41) is 21.4. The van der Waals surface area contributed by atoms with Gasteiger partial charge in [-0.15, -0.1) is 10.2 Å². The minimum atomic E-state index is 0.0838. The number of carbonyl (C=O) groups is 1. The quantitative estimate of drug-likeness (QED) is 0.546. The van der Waals surface area contributed by atoms with Crippen LogP contribution in [0.3, 0.4) is 0 Å². The Bertz CT molecular complexity index is 1200. The molecule has 3 heterocycles. The van der Waals surface area contributed by atoms with Crippen molar-refractivity contribution < 1.29 is 4.79 Å². The average molecular weight is 397 g/mol. The summed E-state index contributed by atoms with van der Waals surface area (Å²) in [5.41, 5.74) is 4.43. The molecule has 1 amide bonds. The standard InChI is InChI=1S/C18H13ClN6OS/c1-25-14(26)7-9-3-2-4-10(16(9)25)17-23-24-18(27-17)21-13-6-5-12-11(15(13)19)8-20-22-12/h2-6,8H,7H2,1H3,(H,20,22)(H,21,24). The van der Waals surface area contributed by atoms with Gasteiger partial charge in [0.15, 0.2) is 5.01 Å². The lowest BCUT2D eigenvalue weighted by Crippen LogP contribution is -2.21. The number of aromatic nitrogens is 4. The van der Waals surface area contributed by atoms with Crippen LogP contribution in [0, 0.1) is 0 Å². The molecule has 1 aliphatic heterocycles. The van der Waals surface area contributed by atoms with E-state index in [2.05, 4.69) is 25.7 Å². The number of H-pyrrole nitrogens is 1. The van der Waals surface area contributed by atoms with E-state index in [1.807, 2.05) is 30.3 Å². The van der Waals surface area contributed by atoms with Crippen LogP contribution >= 0.6 is 22.9 Å². The van der Waals surface area contributed by atoms with Crippen molar-refractivity contribution in [2.45, 2.75) is 6.42 Å². The third kappa shape index (κ3) is 2.56. The van der Waals surface area contributed by atoms with Gasteiger partial charge in [-0.3, -0.25) is 9.89 Å². The molecule has 0 fully saturated rings. The maximum atomic E-state index is 12.0. The van der Waals surface area contributed by atoms with Crippen LogP contribution in [0.25, 0.3) is 21.5 Å². The second kappa shape index (κ2) is 6.04. The van der Waals surface area contributed by atoms with Crippen molar-refractivity contribution in [1.82, 2.24) is 20.4 Å². The van der Waals surface area contributed by atoms with Crippen molar-refractivity contribution in [2.75, 3.05) is 17.3 Å². The van der Waals surface area contributed by atoms with Gasteiger partial charge in [0.1, 0.15) is 0 Å². The van der Waals surface area contributed by atoms with Gasteiger partial charge >= 0.3 is 0 Å². The van der Waals surface area contributed by atoms with E-state index in [0.717, 1.165) is 38.4 Å². The Balaban J connectivity index is 1.50. The molecule has 0 bridgehead atoms. The van der Waals surface area contributed by atoms with Gasteiger partial charge in [0.2, 0.25) is 11.0 Å². The maximum absolute atomic E-state index is 12.0. The first kappa shape index (κ1) is 16.2. The molecule has 2 aromatic heterocycles. The molecule has 0 radical (unpaired) electrons. The molecule has 2 N–H and O–H groups in total. The zero-order valence-electron chi connectivity index (χ0n) is 14.2. The summed E-state index contributed by atoms with van der Waals surface area (Å²) in [7, 11) is 1.79. The van der Waals surface area contributed by atoms with Gasteiger partial charge in [-0.2, -0.15) is 5.10 Å². The second-order valence-corrected chi connectivity index (χ2v) is 7.59. The van der Waals surface area contributed by atoms with Gasteiger partial charge in [-0.05, 0) is 23.8 Å². The van der Waals surface area contributed by atoms with E-state index in [1.165, 1.54) is 11.3 Å². The molecule has 0 spiro atoms. The molecule has 0 saturated carbocycles. The second-order valence-electron chi connectivity index (χ2n) is 6.24. The fourth-order valence-corrected chi connectivity index (χ4v) is 4.33. The minimum Gasteiger partial charge on any atom is -0.329 e. The number of nitrogens with one attached hydrogen (secondary N) is 2. The molecule has 0 atom stereocenters. The van der Waals surface area contributed by atoms with Gasteiger partial charge in [0.05, 0.1) is 34.5 Å². The first-order valence-electron chi connectivity index (χ1n) is 8.23. The van der Waals surface area contributed by atoms with Crippen LogP contribution in [-0.2, 0) is 11.2 Å². The minimum absolute atomic E-state index is 0.0838. The van der Waals surface area contributed by atoms with Gasteiger partial charge < -0.3 is 10.2 Å². The highest BCUT2D eigenvalue weighted by Crippen LogP contribution is 2.40. The van der Waals surface area contributed by atoms with Crippen molar-refractivity contribution >= 4 is 56.3 Å². The number of rotatable bonds is 3. The van der Waals surface area contributed by atoms with Crippen molar-refractivity contribution in [3.63, 3.8) is 0 Å². The number of amides is 1. The van der Waals surface area contributed by atoms with Gasteiger partial charge in [-0.25, -0.2) is 0 Å². The number of benzene rings is 2. The molecule has 4 aromatic rings. The Morgan fingerprint density at radius 3 is 3.04 bits per heavy atom. The number of nitrogens with zero attached hydrogens (tertiary/aromatic N) is 4. The monoisotopic (exact) mass is 396 g/mol. The van der Waals surface area contributed by atoms with Crippen LogP contribution in [0.4, 0.5) is 16.5 Å². The van der Waals surface area contributed by atoms with E-state index in [4.69, 9.17) is 11.6 Å². The fraction of sp³-hybridized carbons (Fsp3) is 0.111. The summed E-state index contributed by atoms with van der Waals surface area (Å²) >= 11 is 7.87. The fourth-order valence-electron chi connectivity index (χ4n) is 3.29. The molecule has 0 saturated heterocycles. The third-order valence-corrected chi connectivity index (χ3v) is 5.91. The number of para-hydroxylation sites is 1. The van der Waals surface area contributed by atoms with Crippen LogP contribution < -0.4 is 10.2 Å². The lowest BCUT2D eigenvalue weighted by Gasteiger charge is -2.13. The largest absolute Gasteiger partial charge is 0.329 e. The topological polar surface area (TPSA) is 86.8 Å². The van der Waals surface area contributed by atoms with Gasteiger partial charge in [0.25, 0.3) is 0 Å². The van der Waals surface area contributed by atoms with Crippen LogP contribution in [0.1, 0.15) is 5.56 Å². The van der Waals surface area contributed by atoms with Gasteiger partial charge in [0, 0.05) is 18.0 Å². The molecular weight excluding hydrogens is 384 g/mol. The highest BCUT2D eigenvalue weighted by molar-refractivity contribution is 7.18. The lowest BCUT2D eigenvalue weighted by atomic mass is 10.1. The molecule has 134 valence electrons. The third-order valence-electron chi connectivity index (χ3n) is 4.63. The Hall–Kier alpha value is -2.97. The first-order valence-corrected chi connectivity index (χ1v) is 9.42. The molecule has 7 nitrogen and oxygen atoms in total. The molecule has 9 heteroatoms. The highest BCUT2D eigenvalue weighted by Gasteiger charge is 2.28. The zero-order valence-corrected chi connectivity index (χ0v) is 15.7. The highest BCUT2D eigenvalue weighted by atomic mass is 35.5. The van der Waals surface area contributed by atoms with E-state index in [-0.39, 0.29) is 5.91 Å². The van der Waals surface area contributed by atoms with Crippen LogP contribution in [0.5, 0.6) is 0 Å². The molecule has 2 aromatic carbocycles. The summed E-state index contributed by atoms with van der Waals surface area (Å²) in [5.74, 6) is 0.0838. The summed E-state index contributed by atoms with van der Waals surface area (Å²) in [4.78, 5) is 13.7. The predicted octanol–water partition coefficient (Wildman–Crippen LogP) is 4.00. The van der Waals surface area contributed by atoms with Gasteiger partial charge in [-0.1, -0.05) is 35.1 Å². The van der Waals surface area contributed by atoms with Crippen molar-refractivity contribution in [1.29, 1.82) is 0 Å². The summed E-state index contributed by atoms with van der Waals surface area (Å²) < 4.78 is 0. The number of carbonyl (C=O) groups excluding carboxylic acids is 1. The molecule has 5 rings (SSSR count). The van der Waals surface area contributed by atoms with E-state index in [1.54, 1.807) is 18.1 Å². The van der Waals surface area contributed by atoms with Crippen LogP contribution in [0.15, 0.2) is 36.5 Å². The number of halogens is 1. The van der Waals surface area contributed by atoms with Crippen molar-refractivity contribution in [3.8, 4) is 10.6 Å². The first-order chi connectivity index (χ1) is 13.1. The van der Waals surface area contributed by atoms with Crippen molar-refractivity contribution in [3.05, 3.63) is 47.1 Å². The number of fused-ring (bicyclic) bond motifs is 2. The normalized spacial score (nSPS) is 13.4. The molecule has 27 heavy (non-hydrogen) atoms.